The minimum Gasteiger partial charge on any atom is -0.340 e. The van der Waals surface area contributed by atoms with Crippen LogP contribution in [0.1, 0.15) is 32.3 Å². The Morgan fingerprint density at radius 2 is 1.95 bits per heavy atom. The number of likely N-dealkylation sites (tertiary alicyclic amines) is 1. The molecule has 1 heterocycles. The van der Waals surface area contributed by atoms with Gasteiger partial charge in [-0.15, -0.1) is 12.4 Å². The van der Waals surface area contributed by atoms with E-state index in [-0.39, 0.29) is 24.1 Å². The molecule has 1 aromatic rings. The third-order valence-corrected chi connectivity index (χ3v) is 4.22. The second-order valence-corrected chi connectivity index (χ2v) is 6.01. The molecule has 3 nitrogen and oxygen atoms in total. The second kappa shape index (κ2) is 7.23. The number of halogens is 2. The number of nitrogens with one attached hydrogen (secondary N) is 1. The fraction of sp³-hybridized carbons (Fsp3) is 0.562. The molecular formula is C16H24ClFN2O. The lowest BCUT2D eigenvalue weighted by molar-refractivity contribution is -0.137. The van der Waals surface area contributed by atoms with E-state index in [4.69, 9.17) is 0 Å². The van der Waals surface area contributed by atoms with Gasteiger partial charge in [0.1, 0.15) is 5.82 Å². The Bertz CT molecular complexity index is 476. The van der Waals surface area contributed by atoms with Crippen molar-refractivity contribution in [3.8, 4) is 0 Å². The molecule has 0 radical (unpaired) electrons. The first kappa shape index (κ1) is 17.9. The maximum atomic E-state index is 13.0. The van der Waals surface area contributed by atoms with Crippen molar-refractivity contribution >= 4 is 18.3 Å². The van der Waals surface area contributed by atoms with Crippen LogP contribution in [-0.4, -0.2) is 37.0 Å². The number of nitrogens with zero attached hydrogens (tertiary/aromatic N) is 1. The molecule has 2 rings (SSSR count). The number of benzene rings is 1. The van der Waals surface area contributed by atoms with E-state index in [9.17, 15) is 9.18 Å². The summed E-state index contributed by atoms with van der Waals surface area (Å²) in [6.07, 6.45) is 2.13. The maximum absolute atomic E-state index is 13.0. The largest absolute Gasteiger partial charge is 0.340 e. The normalized spacial score (nSPS) is 19.0. The van der Waals surface area contributed by atoms with Gasteiger partial charge in [0, 0.05) is 19.1 Å². The predicted molar refractivity (Wildman–Crippen MR) is 85.3 cm³/mol. The molecule has 1 aliphatic heterocycles. The minimum absolute atomic E-state index is 0. The van der Waals surface area contributed by atoms with Crippen LogP contribution in [0.3, 0.4) is 0 Å². The average molecular weight is 315 g/mol. The van der Waals surface area contributed by atoms with E-state index in [1.54, 1.807) is 12.1 Å². The van der Waals surface area contributed by atoms with E-state index in [2.05, 4.69) is 5.32 Å². The Morgan fingerprint density at radius 1 is 1.33 bits per heavy atom. The summed E-state index contributed by atoms with van der Waals surface area (Å²) < 4.78 is 13.0. The van der Waals surface area contributed by atoms with E-state index in [1.807, 2.05) is 25.8 Å². The van der Waals surface area contributed by atoms with Gasteiger partial charge in [0.2, 0.25) is 5.91 Å². The van der Waals surface area contributed by atoms with Crippen LogP contribution >= 0.6 is 12.4 Å². The summed E-state index contributed by atoms with van der Waals surface area (Å²) in [7, 11) is 1.93. The number of hydrogen-bond acceptors (Lipinski definition) is 2. The van der Waals surface area contributed by atoms with Crippen molar-refractivity contribution in [2.75, 3.05) is 20.1 Å². The molecule has 1 aliphatic rings. The van der Waals surface area contributed by atoms with Crippen molar-refractivity contribution in [1.82, 2.24) is 10.2 Å². The summed E-state index contributed by atoms with van der Waals surface area (Å²) in [6, 6.07) is 6.60. The van der Waals surface area contributed by atoms with Crippen molar-refractivity contribution in [2.45, 2.75) is 38.1 Å². The molecular weight excluding hydrogens is 291 g/mol. The number of hydrogen-bond donors (Lipinski definition) is 1. The Hall–Kier alpha value is -1.13. The highest BCUT2D eigenvalue weighted by Gasteiger charge is 2.35. The number of carbonyl (C=O) groups is 1. The SMILES string of the molecule is CNC1CCCN(C(=O)C(C)(C)c2ccc(F)cc2)C1.Cl. The lowest BCUT2D eigenvalue weighted by Crippen LogP contribution is -2.51. The first-order chi connectivity index (χ1) is 9.45. The second-order valence-electron chi connectivity index (χ2n) is 6.01. The van der Waals surface area contributed by atoms with Gasteiger partial charge >= 0.3 is 0 Å². The number of rotatable bonds is 3. The molecule has 0 aromatic heterocycles. The predicted octanol–water partition coefficient (Wildman–Crippen LogP) is 2.74. The zero-order chi connectivity index (χ0) is 14.8. The number of amides is 1. The smallest absolute Gasteiger partial charge is 0.232 e. The number of likely N-dealkylation sites (N-methyl/N-ethyl adjacent to an activating group) is 1. The zero-order valence-electron chi connectivity index (χ0n) is 12.9. The van der Waals surface area contributed by atoms with E-state index in [0.29, 0.717) is 6.04 Å². The summed E-state index contributed by atoms with van der Waals surface area (Å²) >= 11 is 0. The summed E-state index contributed by atoms with van der Waals surface area (Å²) in [5, 5.41) is 3.24. The van der Waals surface area contributed by atoms with Crippen LogP contribution in [0.15, 0.2) is 24.3 Å². The first-order valence-electron chi connectivity index (χ1n) is 7.18. The fourth-order valence-corrected chi connectivity index (χ4v) is 2.78. The monoisotopic (exact) mass is 314 g/mol. The van der Waals surface area contributed by atoms with Gasteiger partial charge in [-0.3, -0.25) is 4.79 Å². The standard InChI is InChI=1S/C16H23FN2O.ClH/c1-16(2,12-6-8-13(17)9-7-12)15(20)19-10-4-5-14(11-19)18-3;/h6-9,14,18H,4-5,10-11H2,1-3H3;1H. The van der Waals surface area contributed by atoms with Crippen molar-refractivity contribution < 1.29 is 9.18 Å². The van der Waals surface area contributed by atoms with Crippen molar-refractivity contribution in [3.05, 3.63) is 35.6 Å². The summed E-state index contributed by atoms with van der Waals surface area (Å²) in [5.41, 5.74) is 0.235. The van der Waals surface area contributed by atoms with Gasteiger partial charge in [0.15, 0.2) is 0 Å². The van der Waals surface area contributed by atoms with Crippen LogP contribution in [-0.2, 0) is 10.2 Å². The number of piperidine rings is 1. The van der Waals surface area contributed by atoms with E-state index < -0.39 is 5.41 Å². The van der Waals surface area contributed by atoms with Crippen LogP contribution in [0.5, 0.6) is 0 Å². The molecule has 118 valence electrons. The van der Waals surface area contributed by atoms with Gasteiger partial charge in [-0.2, -0.15) is 0 Å². The molecule has 1 amide bonds. The van der Waals surface area contributed by atoms with Gasteiger partial charge in [0.05, 0.1) is 5.41 Å². The van der Waals surface area contributed by atoms with Crippen molar-refractivity contribution in [3.63, 3.8) is 0 Å². The Balaban J connectivity index is 0.00000220. The summed E-state index contributed by atoms with van der Waals surface area (Å²) in [5.74, 6) is -0.158. The molecule has 0 bridgehead atoms. The zero-order valence-corrected chi connectivity index (χ0v) is 13.7. The molecule has 1 atom stereocenters. The highest BCUT2D eigenvalue weighted by atomic mass is 35.5. The van der Waals surface area contributed by atoms with Crippen LogP contribution < -0.4 is 5.32 Å². The number of carbonyl (C=O) groups excluding carboxylic acids is 1. The van der Waals surface area contributed by atoms with Gasteiger partial charge in [0.25, 0.3) is 0 Å². The molecule has 1 aromatic carbocycles. The lowest BCUT2D eigenvalue weighted by atomic mass is 9.82. The van der Waals surface area contributed by atoms with Crippen LogP contribution in [0.2, 0.25) is 0 Å². The fourth-order valence-electron chi connectivity index (χ4n) is 2.78. The van der Waals surface area contributed by atoms with Crippen molar-refractivity contribution in [2.24, 2.45) is 0 Å². The highest BCUT2D eigenvalue weighted by molar-refractivity contribution is 5.87. The first-order valence-corrected chi connectivity index (χ1v) is 7.18. The van der Waals surface area contributed by atoms with E-state index in [1.165, 1.54) is 12.1 Å². The molecule has 1 unspecified atom stereocenters. The Morgan fingerprint density at radius 3 is 2.52 bits per heavy atom. The molecule has 21 heavy (non-hydrogen) atoms. The maximum Gasteiger partial charge on any atom is 0.232 e. The highest BCUT2D eigenvalue weighted by Crippen LogP contribution is 2.27. The van der Waals surface area contributed by atoms with Gasteiger partial charge in [-0.1, -0.05) is 12.1 Å². The molecule has 5 heteroatoms. The molecule has 0 aliphatic carbocycles. The van der Waals surface area contributed by atoms with Gasteiger partial charge in [-0.25, -0.2) is 4.39 Å². The van der Waals surface area contributed by atoms with E-state index in [0.717, 1.165) is 31.5 Å². The molecule has 1 saturated heterocycles. The third-order valence-electron chi connectivity index (χ3n) is 4.22. The van der Waals surface area contributed by atoms with Crippen LogP contribution in [0.4, 0.5) is 4.39 Å². The Kier molecular flexibility index (Phi) is 6.17. The third kappa shape index (κ3) is 3.95. The molecule has 0 saturated carbocycles. The average Bonchev–Trinajstić information content (AvgIpc) is 2.47. The van der Waals surface area contributed by atoms with Crippen LogP contribution in [0.25, 0.3) is 0 Å². The quantitative estimate of drug-likeness (QED) is 0.930. The summed E-state index contributed by atoms with van der Waals surface area (Å²) in [4.78, 5) is 14.7. The van der Waals surface area contributed by atoms with Crippen molar-refractivity contribution in [1.29, 1.82) is 0 Å². The Labute approximate surface area is 132 Å². The molecule has 0 spiro atoms. The minimum atomic E-state index is -0.622. The molecule has 1 fully saturated rings. The lowest BCUT2D eigenvalue weighted by Gasteiger charge is -2.37. The van der Waals surface area contributed by atoms with Gasteiger partial charge < -0.3 is 10.2 Å². The topological polar surface area (TPSA) is 32.3 Å². The van der Waals surface area contributed by atoms with Gasteiger partial charge in [-0.05, 0) is 51.4 Å². The summed E-state index contributed by atoms with van der Waals surface area (Å²) in [6.45, 7) is 5.37. The van der Waals surface area contributed by atoms with Crippen LogP contribution in [0, 0.1) is 5.82 Å². The van der Waals surface area contributed by atoms with E-state index >= 15 is 0 Å². The molecule has 1 N–H and O–H groups in total.